The van der Waals surface area contributed by atoms with E-state index in [4.69, 9.17) is 5.11 Å². The Hall–Kier alpha value is -1.20. The summed E-state index contributed by atoms with van der Waals surface area (Å²) in [7, 11) is 0. The maximum Gasteiger partial charge on any atom is 0.141 e. The van der Waals surface area contributed by atoms with Gasteiger partial charge in [-0.05, 0) is 31.5 Å². The number of aliphatic hydroxyl groups is 1. The van der Waals surface area contributed by atoms with E-state index in [1.165, 1.54) is 18.7 Å². The molecule has 0 aromatic carbocycles. The fraction of sp³-hybridized carbons (Fsp3) is 0.583. The topological polar surface area (TPSA) is 48.4 Å². The van der Waals surface area contributed by atoms with Crippen LogP contribution in [-0.4, -0.2) is 42.4 Å². The van der Waals surface area contributed by atoms with Crippen LogP contribution in [0.15, 0.2) is 18.3 Å². The van der Waals surface area contributed by atoms with E-state index in [-0.39, 0.29) is 12.4 Å². The minimum atomic E-state index is -0.336. The molecule has 2 N–H and O–H groups in total. The van der Waals surface area contributed by atoms with Crippen LogP contribution in [0.3, 0.4) is 0 Å². The molecular weight excluding hydrogens is 221 g/mol. The minimum absolute atomic E-state index is 0.0752. The van der Waals surface area contributed by atoms with Crippen molar-refractivity contribution in [2.75, 3.05) is 31.1 Å². The number of anilines is 1. The van der Waals surface area contributed by atoms with E-state index in [9.17, 15) is 4.39 Å². The zero-order chi connectivity index (χ0) is 12.1. The second kappa shape index (κ2) is 5.93. The molecule has 1 fully saturated rings. The molecule has 0 saturated carbocycles. The summed E-state index contributed by atoms with van der Waals surface area (Å²) >= 11 is 0. The monoisotopic (exact) mass is 239 g/mol. The molecule has 0 radical (unpaired) electrons. The molecule has 4 nitrogen and oxygen atoms in total. The van der Waals surface area contributed by atoms with Crippen molar-refractivity contribution >= 4 is 5.82 Å². The van der Waals surface area contributed by atoms with Crippen LogP contribution in [0.25, 0.3) is 0 Å². The highest BCUT2D eigenvalue weighted by Gasteiger charge is 2.18. The summed E-state index contributed by atoms with van der Waals surface area (Å²) in [6, 6.07) is 3.49. The lowest BCUT2D eigenvalue weighted by molar-refractivity contribution is 0.300. The fourth-order valence-corrected chi connectivity index (χ4v) is 2.15. The molecule has 17 heavy (non-hydrogen) atoms. The van der Waals surface area contributed by atoms with Crippen LogP contribution in [-0.2, 0) is 0 Å². The van der Waals surface area contributed by atoms with Crippen molar-refractivity contribution in [3.63, 3.8) is 0 Å². The maximum absolute atomic E-state index is 12.8. The highest BCUT2D eigenvalue weighted by molar-refractivity contribution is 5.38. The predicted molar refractivity (Wildman–Crippen MR) is 64.5 cm³/mol. The summed E-state index contributed by atoms with van der Waals surface area (Å²) in [5, 5.41) is 12.5. The van der Waals surface area contributed by atoms with E-state index in [1.807, 2.05) is 4.90 Å². The van der Waals surface area contributed by atoms with E-state index in [1.54, 1.807) is 6.07 Å². The Balaban J connectivity index is 2.02. The van der Waals surface area contributed by atoms with Crippen LogP contribution in [0.1, 0.15) is 12.8 Å². The average Bonchev–Trinajstić information content (AvgIpc) is 2.82. The van der Waals surface area contributed by atoms with E-state index in [0.717, 1.165) is 19.5 Å². The van der Waals surface area contributed by atoms with Gasteiger partial charge in [-0.25, -0.2) is 9.37 Å². The van der Waals surface area contributed by atoms with Gasteiger partial charge in [-0.1, -0.05) is 0 Å². The Kier molecular flexibility index (Phi) is 4.28. The number of halogens is 1. The van der Waals surface area contributed by atoms with Crippen molar-refractivity contribution in [1.82, 2.24) is 10.3 Å². The molecule has 1 unspecified atom stereocenters. The van der Waals surface area contributed by atoms with Crippen molar-refractivity contribution in [2.24, 2.45) is 0 Å². The normalized spacial score (nSPS) is 19.5. The molecule has 2 heterocycles. The SMILES string of the molecule is OCCN(CC1CCCN1)c1ccc(F)cn1. The smallest absolute Gasteiger partial charge is 0.141 e. The van der Waals surface area contributed by atoms with Gasteiger partial charge < -0.3 is 15.3 Å². The number of hydrogen-bond donors (Lipinski definition) is 2. The summed E-state index contributed by atoms with van der Waals surface area (Å²) < 4.78 is 12.8. The van der Waals surface area contributed by atoms with Crippen LogP contribution in [0.2, 0.25) is 0 Å². The Labute approximate surface area is 100 Å². The second-order valence-corrected chi connectivity index (χ2v) is 4.30. The van der Waals surface area contributed by atoms with Crippen LogP contribution >= 0.6 is 0 Å². The fourth-order valence-electron chi connectivity index (χ4n) is 2.15. The van der Waals surface area contributed by atoms with Gasteiger partial charge in [0.2, 0.25) is 0 Å². The quantitative estimate of drug-likeness (QED) is 0.797. The van der Waals surface area contributed by atoms with Crippen LogP contribution in [0, 0.1) is 5.82 Å². The Morgan fingerprint density at radius 2 is 2.41 bits per heavy atom. The molecular formula is C12H18FN3O. The van der Waals surface area contributed by atoms with Crippen LogP contribution in [0.5, 0.6) is 0 Å². The van der Waals surface area contributed by atoms with Crippen molar-refractivity contribution in [3.05, 3.63) is 24.1 Å². The van der Waals surface area contributed by atoms with Gasteiger partial charge in [-0.15, -0.1) is 0 Å². The summed E-state index contributed by atoms with van der Waals surface area (Å²) in [5.74, 6) is 0.380. The highest BCUT2D eigenvalue weighted by Crippen LogP contribution is 2.14. The second-order valence-electron chi connectivity index (χ2n) is 4.30. The molecule has 0 spiro atoms. The molecule has 1 saturated heterocycles. The summed E-state index contributed by atoms with van der Waals surface area (Å²) in [5.41, 5.74) is 0. The molecule has 1 aromatic rings. The number of aromatic nitrogens is 1. The first-order valence-corrected chi connectivity index (χ1v) is 6.00. The lowest BCUT2D eigenvalue weighted by atomic mass is 10.2. The Morgan fingerprint density at radius 1 is 1.53 bits per heavy atom. The van der Waals surface area contributed by atoms with Gasteiger partial charge in [-0.3, -0.25) is 0 Å². The summed E-state index contributed by atoms with van der Waals surface area (Å²) in [6.07, 6.45) is 3.54. The van der Waals surface area contributed by atoms with E-state index < -0.39 is 0 Å². The Bertz CT molecular complexity index is 338. The van der Waals surface area contributed by atoms with E-state index in [0.29, 0.717) is 18.4 Å². The first-order chi connectivity index (χ1) is 8.29. The Morgan fingerprint density at radius 3 is 3.00 bits per heavy atom. The van der Waals surface area contributed by atoms with Gasteiger partial charge in [0.25, 0.3) is 0 Å². The molecule has 1 aliphatic heterocycles. The average molecular weight is 239 g/mol. The van der Waals surface area contributed by atoms with Crippen LogP contribution < -0.4 is 10.2 Å². The van der Waals surface area contributed by atoms with Gasteiger partial charge in [-0.2, -0.15) is 0 Å². The molecule has 5 heteroatoms. The molecule has 1 aliphatic rings. The number of rotatable bonds is 5. The third kappa shape index (κ3) is 3.38. The first-order valence-electron chi connectivity index (χ1n) is 6.00. The van der Waals surface area contributed by atoms with Gasteiger partial charge in [0, 0.05) is 19.1 Å². The number of pyridine rings is 1. The lowest BCUT2D eigenvalue weighted by Gasteiger charge is -2.26. The molecule has 0 aliphatic carbocycles. The minimum Gasteiger partial charge on any atom is -0.395 e. The number of hydrogen-bond acceptors (Lipinski definition) is 4. The highest BCUT2D eigenvalue weighted by atomic mass is 19.1. The zero-order valence-electron chi connectivity index (χ0n) is 9.77. The van der Waals surface area contributed by atoms with Crippen molar-refractivity contribution in [1.29, 1.82) is 0 Å². The first kappa shape index (κ1) is 12.3. The van der Waals surface area contributed by atoms with Crippen LogP contribution in [0.4, 0.5) is 10.2 Å². The third-order valence-corrected chi connectivity index (χ3v) is 3.01. The van der Waals surface area contributed by atoms with Gasteiger partial charge >= 0.3 is 0 Å². The van der Waals surface area contributed by atoms with E-state index in [2.05, 4.69) is 10.3 Å². The van der Waals surface area contributed by atoms with Crippen molar-refractivity contribution < 1.29 is 9.50 Å². The lowest BCUT2D eigenvalue weighted by Crippen LogP contribution is -2.39. The van der Waals surface area contributed by atoms with Gasteiger partial charge in [0.15, 0.2) is 0 Å². The number of aliphatic hydroxyl groups excluding tert-OH is 1. The summed E-state index contributed by atoms with van der Waals surface area (Å²) in [4.78, 5) is 6.04. The maximum atomic E-state index is 12.8. The molecule has 2 rings (SSSR count). The summed E-state index contributed by atoms with van der Waals surface area (Å²) in [6.45, 7) is 2.45. The van der Waals surface area contributed by atoms with Gasteiger partial charge in [0.1, 0.15) is 11.6 Å². The predicted octanol–water partition coefficient (Wildman–Crippen LogP) is 0.771. The van der Waals surface area contributed by atoms with Gasteiger partial charge in [0.05, 0.1) is 12.8 Å². The molecule has 0 amide bonds. The molecule has 94 valence electrons. The number of nitrogens with zero attached hydrogens (tertiary/aromatic N) is 2. The molecule has 1 atom stereocenters. The standard InChI is InChI=1S/C12H18FN3O/c13-10-3-4-12(15-8-10)16(6-7-17)9-11-2-1-5-14-11/h3-4,8,11,14,17H,1-2,5-7,9H2. The molecule has 1 aromatic heterocycles. The molecule has 0 bridgehead atoms. The third-order valence-electron chi connectivity index (χ3n) is 3.01. The van der Waals surface area contributed by atoms with Crippen molar-refractivity contribution in [3.8, 4) is 0 Å². The van der Waals surface area contributed by atoms with E-state index >= 15 is 0 Å². The zero-order valence-corrected chi connectivity index (χ0v) is 9.77. The largest absolute Gasteiger partial charge is 0.395 e. The number of nitrogens with one attached hydrogen (secondary N) is 1. The van der Waals surface area contributed by atoms with Crippen molar-refractivity contribution in [2.45, 2.75) is 18.9 Å².